The summed E-state index contributed by atoms with van der Waals surface area (Å²) in [6.45, 7) is 0. The van der Waals surface area contributed by atoms with E-state index in [0.29, 0.717) is 0 Å². The van der Waals surface area contributed by atoms with E-state index >= 15 is 0 Å². The summed E-state index contributed by atoms with van der Waals surface area (Å²) in [5.41, 5.74) is 12.3. The maximum absolute atomic E-state index is 5.42. The van der Waals surface area contributed by atoms with E-state index in [9.17, 15) is 0 Å². The summed E-state index contributed by atoms with van der Waals surface area (Å²) in [7, 11) is 0. The van der Waals surface area contributed by atoms with Crippen molar-refractivity contribution in [1.82, 2.24) is 23.9 Å². The molecule has 0 radical (unpaired) electrons. The molecule has 0 amide bonds. The van der Waals surface area contributed by atoms with Gasteiger partial charge in [-0.25, -0.2) is 15.0 Å². The molecule has 0 saturated carbocycles. The first-order chi connectivity index (χ1) is 25.8. The molecule has 242 valence electrons. The molecule has 4 heterocycles. The number of fused-ring (bicyclic) bond motifs is 10. The van der Waals surface area contributed by atoms with Crippen molar-refractivity contribution in [2.24, 2.45) is 0 Å². The third-order valence-corrected chi connectivity index (χ3v) is 10.3. The normalized spacial score (nSPS) is 11.8. The highest BCUT2D eigenvalue weighted by Crippen LogP contribution is 2.43. The highest BCUT2D eigenvalue weighted by Gasteiger charge is 2.23. The van der Waals surface area contributed by atoms with Gasteiger partial charge in [-0.1, -0.05) is 127 Å². The van der Waals surface area contributed by atoms with Crippen LogP contribution in [0.2, 0.25) is 0 Å². The van der Waals surface area contributed by atoms with Gasteiger partial charge >= 0.3 is 0 Å². The van der Waals surface area contributed by atoms with Crippen LogP contribution in [0.5, 0.6) is 0 Å². The van der Waals surface area contributed by atoms with E-state index in [-0.39, 0.29) is 0 Å². The quantitative estimate of drug-likeness (QED) is 0.188. The zero-order valence-electron chi connectivity index (χ0n) is 28.0. The molecule has 0 aliphatic rings. The molecule has 4 aromatic heterocycles. The third-order valence-electron chi connectivity index (χ3n) is 10.3. The van der Waals surface area contributed by atoms with Crippen LogP contribution in [0.25, 0.3) is 99.8 Å². The molecule has 0 atom stereocenters. The summed E-state index contributed by atoms with van der Waals surface area (Å²) in [5.74, 6) is 0.813. The lowest BCUT2D eigenvalue weighted by Crippen LogP contribution is -2.06. The van der Waals surface area contributed by atoms with Crippen LogP contribution >= 0.6 is 0 Å². The van der Waals surface area contributed by atoms with Gasteiger partial charge in [-0.15, -0.1) is 0 Å². The number of rotatable bonds is 4. The Kier molecular flexibility index (Phi) is 6.18. The monoisotopic (exact) mass is 663 g/mol. The fourth-order valence-electron chi connectivity index (χ4n) is 7.95. The van der Waals surface area contributed by atoms with Crippen molar-refractivity contribution < 1.29 is 0 Å². The Balaban J connectivity index is 1.28. The summed E-state index contributed by atoms with van der Waals surface area (Å²) < 4.78 is 4.58. The molecule has 11 aromatic rings. The van der Waals surface area contributed by atoms with E-state index in [1.54, 1.807) is 0 Å². The fourth-order valence-corrected chi connectivity index (χ4v) is 7.95. The number of imidazole rings is 1. The van der Waals surface area contributed by atoms with Gasteiger partial charge in [0.2, 0.25) is 5.95 Å². The molecule has 0 N–H and O–H groups in total. The number of pyridine rings is 1. The molecule has 11 rings (SSSR count). The SMILES string of the molecule is c1ccc(-c2cc(-c3cc4c5ccccc5n(-c5nc6ccccc6c6nc7ccccc7n56)c4c4ccccc34)cc(-c3ccccc3)n2)cc1. The molecule has 5 nitrogen and oxygen atoms in total. The minimum atomic E-state index is 0.813. The standard InChI is InChI=1S/C47H29N5/c1-3-15-30(16-4-1)41-27-32(28-42(48-41)31-17-5-2-6-18-31)37-29-38-34-20-10-13-25-43(34)51(45(38)35-21-8-7-19-33(35)37)47-50-39-23-11-9-22-36(39)46-49-40-24-12-14-26-44(40)52(46)47/h1-29H. The summed E-state index contributed by atoms with van der Waals surface area (Å²) in [4.78, 5) is 15.8. The topological polar surface area (TPSA) is 48.0 Å². The molecule has 0 spiro atoms. The van der Waals surface area contributed by atoms with Gasteiger partial charge in [0.05, 0.1) is 39.0 Å². The average Bonchev–Trinajstić information content (AvgIpc) is 3.78. The van der Waals surface area contributed by atoms with Crippen molar-refractivity contribution >= 4 is 60.2 Å². The zero-order chi connectivity index (χ0) is 34.2. The average molecular weight is 664 g/mol. The number of hydrogen-bond donors (Lipinski definition) is 0. The maximum Gasteiger partial charge on any atom is 0.221 e. The molecule has 0 aliphatic carbocycles. The number of benzene rings is 7. The van der Waals surface area contributed by atoms with Crippen LogP contribution in [0.4, 0.5) is 0 Å². The maximum atomic E-state index is 5.42. The Bertz CT molecular complexity index is 3120. The molecule has 0 aliphatic heterocycles. The van der Waals surface area contributed by atoms with Crippen LogP contribution in [-0.4, -0.2) is 23.9 Å². The lowest BCUT2D eigenvalue weighted by molar-refractivity contribution is 0.982. The third kappa shape index (κ3) is 4.26. The predicted molar refractivity (Wildman–Crippen MR) is 214 cm³/mol. The van der Waals surface area contributed by atoms with Gasteiger partial charge in [-0.05, 0) is 65.0 Å². The van der Waals surface area contributed by atoms with E-state index in [2.05, 4.69) is 161 Å². The van der Waals surface area contributed by atoms with Crippen molar-refractivity contribution in [3.8, 4) is 39.6 Å². The molecule has 0 fully saturated rings. The first kappa shape index (κ1) is 28.7. The lowest BCUT2D eigenvalue weighted by atomic mass is 9.93. The van der Waals surface area contributed by atoms with E-state index in [1.807, 2.05) is 24.3 Å². The van der Waals surface area contributed by atoms with Gasteiger partial charge < -0.3 is 0 Å². The minimum Gasteiger partial charge on any atom is -0.278 e. The fraction of sp³-hybridized carbons (Fsp3) is 0. The van der Waals surface area contributed by atoms with E-state index in [4.69, 9.17) is 15.0 Å². The second-order valence-corrected chi connectivity index (χ2v) is 13.3. The Morgan fingerprint density at radius 2 is 0.923 bits per heavy atom. The summed E-state index contributed by atoms with van der Waals surface area (Å²) >= 11 is 0. The minimum absolute atomic E-state index is 0.813. The summed E-state index contributed by atoms with van der Waals surface area (Å²) in [6.07, 6.45) is 0. The second-order valence-electron chi connectivity index (χ2n) is 13.3. The lowest BCUT2D eigenvalue weighted by Gasteiger charge is -2.15. The molecule has 0 unspecified atom stereocenters. The van der Waals surface area contributed by atoms with Gasteiger partial charge in [0, 0.05) is 32.7 Å². The second kappa shape index (κ2) is 11.2. The van der Waals surface area contributed by atoms with Crippen LogP contribution in [-0.2, 0) is 0 Å². The van der Waals surface area contributed by atoms with Gasteiger partial charge in [-0.3, -0.25) is 8.97 Å². The molecule has 52 heavy (non-hydrogen) atoms. The van der Waals surface area contributed by atoms with Crippen LogP contribution in [0.1, 0.15) is 0 Å². The van der Waals surface area contributed by atoms with Gasteiger partial charge in [0.25, 0.3) is 0 Å². The number of hydrogen-bond acceptors (Lipinski definition) is 3. The van der Waals surface area contributed by atoms with Crippen LogP contribution in [0.15, 0.2) is 176 Å². The molecule has 7 aromatic carbocycles. The Labute approximate surface area is 298 Å². The van der Waals surface area contributed by atoms with E-state index < -0.39 is 0 Å². The van der Waals surface area contributed by atoms with Crippen LogP contribution in [0.3, 0.4) is 0 Å². The predicted octanol–water partition coefficient (Wildman–Crippen LogP) is 11.7. The van der Waals surface area contributed by atoms with Crippen molar-refractivity contribution in [3.63, 3.8) is 0 Å². The molecule has 0 bridgehead atoms. The summed E-state index contributed by atoms with van der Waals surface area (Å²) in [5, 5.41) is 5.67. The molecule has 0 saturated heterocycles. The first-order valence-corrected chi connectivity index (χ1v) is 17.5. The Morgan fingerprint density at radius 3 is 1.63 bits per heavy atom. The number of nitrogens with zero attached hydrogens (tertiary/aromatic N) is 5. The summed E-state index contributed by atoms with van der Waals surface area (Å²) in [6, 6.07) is 61.9. The van der Waals surface area contributed by atoms with Crippen molar-refractivity contribution in [2.45, 2.75) is 0 Å². The molecule has 5 heteroatoms. The highest BCUT2D eigenvalue weighted by molar-refractivity contribution is 6.22. The Hall–Kier alpha value is -7.11. The van der Waals surface area contributed by atoms with Gasteiger partial charge in [0.1, 0.15) is 5.65 Å². The van der Waals surface area contributed by atoms with Crippen molar-refractivity contribution in [2.75, 3.05) is 0 Å². The highest BCUT2D eigenvalue weighted by atomic mass is 15.2. The van der Waals surface area contributed by atoms with Crippen LogP contribution < -0.4 is 0 Å². The first-order valence-electron chi connectivity index (χ1n) is 17.5. The smallest absolute Gasteiger partial charge is 0.221 e. The number of aromatic nitrogens is 5. The largest absolute Gasteiger partial charge is 0.278 e. The van der Waals surface area contributed by atoms with E-state index in [1.165, 1.54) is 0 Å². The number of para-hydroxylation sites is 4. The van der Waals surface area contributed by atoms with Crippen molar-refractivity contribution in [1.29, 1.82) is 0 Å². The zero-order valence-corrected chi connectivity index (χ0v) is 28.0. The van der Waals surface area contributed by atoms with Gasteiger partial charge in [-0.2, -0.15) is 0 Å². The Morgan fingerprint density at radius 1 is 0.365 bits per heavy atom. The van der Waals surface area contributed by atoms with Crippen LogP contribution in [0, 0.1) is 0 Å². The van der Waals surface area contributed by atoms with Crippen molar-refractivity contribution in [3.05, 3.63) is 176 Å². The van der Waals surface area contributed by atoms with Gasteiger partial charge in [0.15, 0.2) is 0 Å². The molecular weight excluding hydrogens is 635 g/mol. The van der Waals surface area contributed by atoms with E-state index in [0.717, 1.165) is 99.8 Å². The molecular formula is C47H29N5.